The fraction of sp³-hybridized carbons (Fsp3) is 0.111. The van der Waals surface area contributed by atoms with Crippen LogP contribution in [0.2, 0.25) is 10.0 Å². The van der Waals surface area contributed by atoms with Crippen LogP contribution in [0.5, 0.6) is 0 Å². The molecule has 7 heteroatoms. The van der Waals surface area contributed by atoms with Gasteiger partial charge < -0.3 is 5.73 Å². The summed E-state index contributed by atoms with van der Waals surface area (Å²) < 4.78 is 0. The molecule has 0 bridgehead atoms. The minimum absolute atomic E-state index is 0.259. The van der Waals surface area contributed by atoms with E-state index in [1.807, 2.05) is 0 Å². The predicted molar refractivity (Wildman–Crippen MR) is 60.1 cm³/mol. The van der Waals surface area contributed by atoms with Gasteiger partial charge in [-0.15, -0.1) is 0 Å². The molecule has 0 aromatic heterocycles. The molecule has 0 radical (unpaired) electrons. The Bertz CT molecular complexity index is 478. The second-order valence-electron chi connectivity index (χ2n) is 3.22. The molecule has 1 heterocycles. The highest BCUT2D eigenvalue weighted by molar-refractivity contribution is 6.37. The molecule has 0 saturated carbocycles. The van der Waals surface area contributed by atoms with Gasteiger partial charge in [-0.2, -0.15) is 0 Å². The summed E-state index contributed by atoms with van der Waals surface area (Å²) in [6, 6.07) is 3.38. The topological polar surface area (TPSA) is 75.4 Å². The van der Waals surface area contributed by atoms with Crippen molar-refractivity contribution in [1.29, 1.82) is 0 Å². The first-order valence-electron chi connectivity index (χ1n) is 4.36. The van der Waals surface area contributed by atoms with E-state index in [4.69, 9.17) is 28.9 Å². The van der Waals surface area contributed by atoms with Crippen LogP contribution in [0, 0.1) is 0 Å². The van der Waals surface area contributed by atoms with Crippen LogP contribution in [0.15, 0.2) is 18.2 Å². The molecule has 1 aliphatic rings. The zero-order valence-corrected chi connectivity index (χ0v) is 9.42. The number of hydrazine groups is 1. The molecule has 3 N–H and O–H groups in total. The smallest absolute Gasteiger partial charge is 0.272 e. The van der Waals surface area contributed by atoms with Gasteiger partial charge in [0.25, 0.3) is 11.8 Å². The zero-order chi connectivity index (χ0) is 11.9. The number of nitrogens with one attached hydrogen (secondary N) is 1. The zero-order valence-electron chi connectivity index (χ0n) is 7.91. The van der Waals surface area contributed by atoms with Gasteiger partial charge in [-0.25, -0.2) is 5.01 Å². The maximum atomic E-state index is 11.6. The monoisotopic (exact) mass is 259 g/mol. The molecule has 1 fully saturated rings. The first-order chi connectivity index (χ1) is 7.50. The van der Waals surface area contributed by atoms with E-state index in [0.29, 0.717) is 10.7 Å². The van der Waals surface area contributed by atoms with Gasteiger partial charge in [0, 0.05) is 5.02 Å². The Morgan fingerprint density at radius 1 is 1.31 bits per heavy atom. The number of nitrogens with two attached hydrogens (primary N) is 1. The molecular weight excluding hydrogens is 253 g/mol. The third-order valence-corrected chi connectivity index (χ3v) is 2.68. The fourth-order valence-corrected chi connectivity index (χ4v) is 1.82. The first-order valence-corrected chi connectivity index (χ1v) is 5.11. The maximum absolute atomic E-state index is 11.6. The van der Waals surface area contributed by atoms with Gasteiger partial charge in [0.05, 0.1) is 10.7 Å². The predicted octanol–water partition coefficient (Wildman–Crippen LogP) is 0.698. The van der Waals surface area contributed by atoms with Crippen LogP contribution in [-0.2, 0) is 9.59 Å². The number of carbonyl (C=O) groups excluding carboxylic acids is 2. The van der Waals surface area contributed by atoms with Crippen LogP contribution in [0.3, 0.4) is 0 Å². The SMILES string of the molecule is NC1C(=O)NN(c2ccc(Cl)cc2Cl)C1=O. The number of benzene rings is 1. The molecule has 0 aliphatic carbocycles. The van der Waals surface area contributed by atoms with Crippen molar-refractivity contribution in [2.75, 3.05) is 5.01 Å². The highest BCUT2D eigenvalue weighted by Crippen LogP contribution is 2.29. The van der Waals surface area contributed by atoms with E-state index >= 15 is 0 Å². The Hall–Kier alpha value is -1.30. The second kappa shape index (κ2) is 3.93. The standard InChI is InChI=1S/C9H7Cl2N3O2/c10-4-1-2-6(5(11)3-4)14-9(16)7(12)8(15)13-14/h1-3,7H,12H2,(H,13,15). The van der Waals surface area contributed by atoms with Crippen molar-refractivity contribution in [2.24, 2.45) is 5.73 Å². The number of amides is 2. The summed E-state index contributed by atoms with van der Waals surface area (Å²) in [6.45, 7) is 0. The maximum Gasteiger partial charge on any atom is 0.272 e. The third kappa shape index (κ3) is 1.73. The molecule has 16 heavy (non-hydrogen) atoms. The molecule has 2 amide bonds. The molecular formula is C9H7Cl2N3O2. The number of rotatable bonds is 1. The first kappa shape index (κ1) is 11.2. The van der Waals surface area contributed by atoms with E-state index in [1.54, 1.807) is 6.07 Å². The van der Waals surface area contributed by atoms with E-state index in [2.05, 4.69) is 5.43 Å². The van der Waals surface area contributed by atoms with Crippen molar-refractivity contribution in [3.05, 3.63) is 28.2 Å². The molecule has 2 rings (SSSR count). The Morgan fingerprint density at radius 3 is 2.50 bits per heavy atom. The van der Waals surface area contributed by atoms with Crippen molar-refractivity contribution in [3.8, 4) is 0 Å². The molecule has 1 aromatic rings. The molecule has 1 aliphatic heterocycles. The summed E-state index contributed by atoms with van der Waals surface area (Å²) in [5.74, 6) is -1.11. The van der Waals surface area contributed by atoms with E-state index in [0.717, 1.165) is 5.01 Å². The Balaban J connectivity index is 2.39. The van der Waals surface area contributed by atoms with E-state index in [1.165, 1.54) is 12.1 Å². The lowest BCUT2D eigenvalue weighted by Crippen LogP contribution is -2.37. The van der Waals surface area contributed by atoms with Crippen LogP contribution in [0.4, 0.5) is 5.69 Å². The number of hydrogen-bond donors (Lipinski definition) is 2. The summed E-state index contributed by atoms with van der Waals surface area (Å²) in [5, 5.41) is 1.72. The summed E-state index contributed by atoms with van der Waals surface area (Å²) in [4.78, 5) is 22.8. The van der Waals surface area contributed by atoms with E-state index in [-0.39, 0.29) is 5.02 Å². The normalized spacial score (nSPS) is 20.2. The van der Waals surface area contributed by atoms with Crippen LogP contribution < -0.4 is 16.2 Å². The molecule has 1 aromatic carbocycles. The quantitative estimate of drug-likeness (QED) is 0.730. The van der Waals surface area contributed by atoms with Gasteiger partial charge in [-0.05, 0) is 18.2 Å². The molecule has 1 unspecified atom stereocenters. The van der Waals surface area contributed by atoms with Crippen LogP contribution in [0.25, 0.3) is 0 Å². The average molecular weight is 260 g/mol. The molecule has 84 valence electrons. The van der Waals surface area contributed by atoms with Gasteiger partial charge in [-0.1, -0.05) is 23.2 Å². The number of nitrogens with zero attached hydrogens (tertiary/aromatic N) is 1. The Morgan fingerprint density at radius 2 is 2.00 bits per heavy atom. The highest BCUT2D eigenvalue weighted by Gasteiger charge is 2.37. The number of carbonyl (C=O) groups is 2. The van der Waals surface area contributed by atoms with Gasteiger partial charge in [-0.3, -0.25) is 15.0 Å². The van der Waals surface area contributed by atoms with Gasteiger partial charge in [0.15, 0.2) is 6.04 Å². The Kier molecular flexibility index (Phi) is 2.75. The number of halogens is 2. The van der Waals surface area contributed by atoms with Crippen molar-refractivity contribution in [1.82, 2.24) is 5.43 Å². The summed E-state index contributed by atoms with van der Waals surface area (Å²) in [7, 11) is 0. The highest BCUT2D eigenvalue weighted by atomic mass is 35.5. The van der Waals surface area contributed by atoms with Crippen molar-refractivity contribution >= 4 is 40.7 Å². The van der Waals surface area contributed by atoms with Crippen LogP contribution >= 0.6 is 23.2 Å². The fourth-order valence-electron chi connectivity index (χ4n) is 1.33. The van der Waals surface area contributed by atoms with Crippen molar-refractivity contribution in [2.45, 2.75) is 6.04 Å². The molecule has 1 atom stereocenters. The van der Waals surface area contributed by atoms with E-state index < -0.39 is 17.9 Å². The largest absolute Gasteiger partial charge is 0.312 e. The summed E-state index contributed by atoms with van der Waals surface area (Å²) >= 11 is 11.6. The second-order valence-corrected chi connectivity index (χ2v) is 4.07. The van der Waals surface area contributed by atoms with Crippen LogP contribution in [-0.4, -0.2) is 17.9 Å². The minimum atomic E-state index is -1.19. The van der Waals surface area contributed by atoms with Crippen molar-refractivity contribution in [3.63, 3.8) is 0 Å². The van der Waals surface area contributed by atoms with Crippen molar-refractivity contribution < 1.29 is 9.59 Å². The lowest BCUT2D eigenvalue weighted by atomic mass is 10.3. The lowest BCUT2D eigenvalue weighted by Gasteiger charge is -2.16. The number of anilines is 1. The lowest BCUT2D eigenvalue weighted by molar-refractivity contribution is -0.123. The molecule has 1 saturated heterocycles. The van der Waals surface area contributed by atoms with Gasteiger partial charge in [0.1, 0.15) is 0 Å². The third-order valence-electron chi connectivity index (χ3n) is 2.14. The minimum Gasteiger partial charge on any atom is -0.312 e. The Labute approximate surface area is 101 Å². The summed E-state index contributed by atoms with van der Waals surface area (Å²) in [6.07, 6.45) is 0. The van der Waals surface area contributed by atoms with E-state index in [9.17, 15) is 9.59 Å². The van der Waals surface area contributed by atoms with Crippen LogP contribution in [0.1, 0.15) is 0 Å². The average Bonchev–Trinajstić information content (AvgIpc) is 2.46. The molecule has 5 nitrogen and oxygen atoms in total. The number of hydrogen-bond acceptors (Lipinski definition) is 3. The van der Waals surface area contributed by atoms with Gasteiger partial charge >= 0.3 is 0 Å². The van der Waals surface area contributed by atoms with Gasteiger partial charge in [0.2, 0.25) is 0 Å². The molecule has 0 spiro atoms. The summed E-state index contributed by atoms with van der Waals surface area (Å²) in [5.41, 5.74) is 8.02.